The van der Waals surface area contributed by atoms with Crippen LogP contribution in [0, 0.1) is 11.8 Å². The first-order valence-electron chi connectivity index (χ1n) is 10.3. The van der Waals surface area contributed by atoms with Gasteiger partial charge in [-0.2, -0.15) is 5.10 Å². The van der Waals surface area contributed by atoms with E-state index in [0.717, 1.165) is 61.1 Å². The Kier molecular flexibility index (Phi) is 4.19. The van der Waals surface area contributed by atoms with E-state index >= 15 is 0 Å². The van der Waals surface area contributed by atoms with Crippen molar-refractivity contribution in [3.05, 3.63) is 46.8 Å². The molecule has 6 heteroatoms. The fraction of sp³-hybridized carbons (Fsp3) is 0.545. The van der Waals surface area contributed by atoms with Crippen LogP contribution in [0.25, 0.3) is 0 Å². The van der Waals surface area contributed by atoms with E-state index in [-0.39, 0.29) is 11.8 Å². The molecule has 3 atom stereocenters. The number of carbonyl (C=O) groups excluding carboxylic acids is 1. The lowest BCUT2D eigenvalue weighted by atomic mass is 9.82. The number of carbonyl (C=O) groups is 1. The summed E-state index contributed by atoms with van der Waals surface area (Å²) in [4.78, 5) is 15.1. The number of H-pyrrole nitrogens is 1. The molecule has 6 nitrogen and oxygen atoms in total. The fourth-order valence-electron chi connectivity index (χ4n) is 5.52. The van der Waals surface area contributed by atoms with Crippen molar-refractivity contribution in [2.24, 2.45) is 11.8 Å². The van der Waals surface area contributed by atoms with Crippen molar-refractivity contribution < 1.29 is 14.6 Å². The van der Waals surface area contributed by atoms with Gasteiger partial charge in [-0.05, 0) is 62.1 Å². The molecule has 28 heavy (non-hydrogen) atoms. The Morgan fingerprint density at radius 3 is 3.04 bits per heavy atom. The highest BCUT2D eigenvalue weighted by molar-refractivity contribution is 5.94. The summed E-state index contributed by atoms with van der Waals surface area (Å²) >= 11 is 0. The molecule has 0 spiro atoms. The summed E-state index contributed by atoms with van der Waals surface area (Å²) in [5.74, 6) is 1.15. The predicted molar refractivity (Wildman–Crippen MR) is 104 cm³/mol. The number of fused-ring (bicyclic) bond motifs is 2. The van der Waals surface area contributed by atoms with E-state index in [0.29, 0.717) is 24.7 Å². The number of likely N-dealkylation sites (tertiary alicyclic amines) is 1. The summed E-state index contributed by atoms with van der Waals surface area (Å²) in [5, 5.41) is 19.0. The maximum Gasteiger partial charge on any atom is 0.274 e. The number of amides is 1. The van der Waals surface area contributed by atoms with Gasteiger partial charge in [-0.25, -0.2) is 0 Å². The Bertz CT molecular complexity index is 908. The van der Waals surface area contributed by atoms with E-state index in [1.54, 1.807) is 7.11 Å². The lowest BCUT2D eigenvalue weighted by molar-refractivity contribution is -0.00608. The molecule has 1 amide bonds. The smallest absolute Gasteiger partial charge is 0.274 e. The van der Waals surface area contributed by atoms with Crippen molar-refractivity contribution in [1.82, 2.24) is 15.1 Å². The first-order valence-corrected chi connectivity index (χ1v) is 10.3. The fourth-order valence-corrected chi connectivity index (χ4v) is 5.52. The van der Waals surface area contributed by atoms with Gasteiger partial charge in [-0.3, -0.25) is 9.89 Å². The Labute approximate surface area is 164 Å². The van der Waals surface area contributed by atoms with Crippen molar-refractivity contribution >= 4 is 5.91 Å². The molecule has 2 heterocycles. The molecule has 3 aliphatic rings. The highest BCUT2D eigenvalue weighted by Crippen LogP contribution is 2.51. The molecule has 1 aromatic carbocycles. The highest BCUT2D eigenvalue weighted by atomic mass is 16.5. The third-order valence-corrected chi connectivity index (χ3v) is 7.07. The number of aryl methyl sites for hydroxylation is 1. The van der Waals surface area contributed by atoms with Crippen LogP contribution in [0.3, 0.4) is 0 Å². The molecule has 1 saturated carbocycles. The van der Waals surface area contributed by atoms with Gasteiger partial charge in [0.1, 0.15) is 5.75 Å². The Hall–Kier alpha value is -2.34. The Morgan fingerprint density at radius 2 is 2.18 bits per heavy atom. The van der Waals surface area contributed by atoms with Crippen LogP contribution in [0.1, 0.15) is 53.0 Å². The average molecular weight is 381 g/mol. The number of rotatable bonds is 3. The van der Waals surface area contributed by atoms with E-state index in [1.165, 1.54) is 0 Å². The minimum atomic E-state index is -0.904. The van der Waals surface area contributed by atoms with Gasteiger partial charge in [0.25, 0.3) is 5.91 Å². The van der Waals surface area contributed by atoms with Gasteiger partial charge in [-0.15, -0.1) is 0 Å². The van der Waals surface area contributed by atoms with Crippen LogP contribution in [0.4, 0.5) is 0 Å². The second-order valence-corrected chi connectivity index (χ2v) is 8.51. The van der Waals surface area contributed by atoms with E-state index in [1.807, 2.05) is 29.2 Å². The largest absolute Gasteiger partial charge is 0.497 e. The summed E-state index contributed by atoms with van der Waals surface area (Å²) in [6.07, 6.45) is 5.85. The molecule has 0 unspecified atom stereocenters. The number of nitrogens with zero attached hydrogens (tertiary/aromatic N) is 2. The number of aromatic nitrogens is 2. The van der Waals surface area contributed by atoms with Gasteiger partial charge in [0, 0.05) is 30.3 Å². The minimum absolute atomic E-state index is 0.0155. The zero-order valence-electron chi connectivity index (χ0n) is 16.3. The standard InChI is InChI=1S/C22H27N3O3/c1-28-16-6-4-5-15(11-16)22(27)10-9-14-12-25(13-18(14)22)21(26)20-17-7-2-3-8-19(17)23-24-20/h4-6,11,14,18,27H,2-3,7-10,12-13H2,1H3,(H,23,24)/t14-,18+,22+/m1/s1. The van der Waals surface area contributed by atoms with Crippen LogP contribution in [0.5, 0.6) is 5.75 Å². The van der Waals surface area contributed by atoms with Gasteiger partial charge in [0.15, 0.2) is 5.69 Å². The van der Waals surface area contributed by atoms with Crippen molar-refractivity contribution in [2.45, 2.75) is 44.1 Å². The predicted octanol–water partition coefficient (Wildman–Crippen LogP) is 2.67. The first kappa shape index (κ1) is 17.7. The van der Waals surface area contributed by atoms with Gasteiger partial charge < -0.3 is 14.7 Å². The lowest BCUT2D eigenvalue weighted by Crippen LogP contribution is -2.36. The zero-order chi connectivity index (χ0) is 19.3. The monoisotopic (exact) mass is 381 g/mol. The van der Waals surface area contributed by atoms with Crippen LogP contribution in [-0.4, -0.2) is 46.3 Å². The molecule has 5 rings (SSSR count). The molecule has 1 aromatic heterocycles. The highest BCUT2D eigenvalue weighted by Gasteiger charge is 2.53. The summed E-state index contributed by atoms with van der Waals surface area (Å²) in [7, 11) is 1.64. The number of hydrogen-bond donors (Lipinski definition) is 2. The number of ether oxygens (including phenoxy) is 1. The molecular weight excluding hydrogens is 354 g/mol. The summed E-state index contributed by atoms with van der Waals surface area (Å²) in [6, 6.07) is 7.72. The van der Waals surface area contributed by atoms with Gasteiger partial charge >= 0.3 is 0 Å². The van der Waals surface area contributed by atoms with Crippen molar-refractivity contribution in [3.63, 3.8) is 0 Å². The third-order valence-electron chi connectivity index (χ3n) is 7.07. The molecule has 0 radical (unpaired) electrons. The van der Waals surface area contributed by atoms with E-state index in [2.05, 4.69) is 10.2 Å². The van der Waals surface area contributed by atoms with Crippen LogP contribution < -0.4 is 4.74 Å². The molecule has 2 N–H and O–H groups in total. The van der Waals surface area contributed by atoms with Gasteiger partial charge in [0.2, 0.25) is 0 Å². The average Bonchev–Trinajstić information content (AvgIpc) is 3.43. The molecule has 1 aliphatic heterocycles. The van der Waals surface area contributed by atoms with Crippen molar-refractivity contribution in [3.8, 4) is 5.75 Å². The third kappa shape index (κ3) is 2.65. The Balaban J connectivity index is 1.39. The van der Waals surface area contributed by atoms with Crippen LogP contribution >= 0.6 is 0 Å². The molecule has 2 aliphatic carbocycles. The van der Waals surface area contributed by atoms with Gasteiger partial charge in [0.05, 0.1) is 12.7 Å². The SMILES string of the molecule is COc1cccc([C@@]2(O)CC[C@@H]3CN(C(=O)c4n[nH]c5c4CCCC5)C[C@@H]32)c1. The minimum Gasteiger partial charge on any atom is -0.497 e. The van der Waals surface area contributed by atoms with E-state index < -0.39 is 5.60 Å². The molecule has 148 valence electrons. The molecule has 2 aromatic rings. The second kappa shape index (κ2) is 6.62. The molecule has 0 bridgehead atoms. The number of aliphatic hydroxyl groups is 1. The normalized spacial score (nSPS) is 28.9. The Morgan fingerprint density at radius 1 is 1.32 bits per heavy atom. The van der Waals surface area contributed by atoms with E-state index in [4.69, 9.17) is 4.74 Å². The first-order chi connectivity index (χ1) is 13.6. The number of benzene rings is 1. The van der Waals surface area contributed by atoms with Crippen LogP contribution in [-0.2, 0) is 18.4 Å². The number of aromatic amines is 1. The molecule has 1 saturated heterocycles. The molecule has 2 fully saturated rings. The van der Waals surface area contributed by atoms with Crippen molar-refractivity contribution in [1.29, 1.82) is 0 Å². The topological polar surface area (TPSA) is 78.5 Å². The summed E-state index contributed by atoms with van der Waals surface area (Å²) < 4.78 is 5.34. The second-order valence-electron chi connectivity index (χ2n) is 8.51. The molecular formula is C22H27N3O3. The number of nitrogens with one attached hydrogen (secondary N) is 1. The quantitative estimate of drug-likeness (QED) is 0.857. The van der Waals surface area contributed by atoms with E-state index in [9.17, 15) is 9.90 Å². The number of methoxy groups -OCH3 is 1. The van der Waals surface area contributed by atoms with Crippen LogP contribution in [0.15, 0.2) is 24.3 Å². The summed E-state index contributed by atoms with van der Waals surface area (Å²) in [5.41, 5.74) is 2.82. The maximum absolute atomic E-state index is 13.2. The van der Waals surface area contributed by atoms with Crippen molar-refractivity contribution in [2.75, 3.05) is 20.2 Å². The maximum atomic E-state index is 13.2. The number of hydrogen-bond acceptors (Lipinski definition) is 4. The summed E-state index contributed by atoms with van der Waals surface area (Å²) in [6.45, 7) is 1.29. The zero-order valence-corrected chi connectivity index (χ0v) is 16.3. The van der Waals surface area contributed by atoms with Crippen LogP contribution in [0.2, 0.25) is 0 Å². The lowest BCUT2D eigenvalue weighted by Gasteiger charge is -2.31. The van der Waals surface area contributed by atoms with Gasteiger partial charge in [-0.1, -0.05) is 12.1 Å².